The highest BCUT2D eigenvalue weighted by Crippen LogP contribution is 2.22. The summed E-state index contributed by atoms with van der Waals surface area (Å²) in [5, 5.41) is 2.48. The molecule has 134 valence electrons. The molecule has 3 rings (SSSR count). The van der Waals surface area contributed by atoms with Crippen molar-refractivity contribution in [1.82, 2.24) is 15.8 Å². The van der Waals surface area contributed by atoms with Gasteiger partial charge in [-0.2, -0.15) is 0 Å². The van der Waals surface area contributed by atoms with Crippen molar-refractivity contribution in [3.05, 3.63) is 32.5 Å². The molecule has 2 aromatic heterocycles. The second kappa shape index (κ2) is 7.94. The number of morpholine rings is 1. The number of amides is 2. The van der Waals surface area contributed by atoms with Gasteiger partial charge in [0.25, 0.3) is 11.8 Å². The van der Waals surface area contributed by atoms with Gasteiger partial charge in [0.15, 0.2) is 5.13 Å². The van der Waals surface area contributed by atoms with E-state index in [1.54, 1.807) is 5.38 Å². The fourth-order valence-electron chi connectivity index (χ4n) is 2.49. The predicted octanol–water partition coefficient (Wildman–Crippen LogP) is 1.99. The molecule has 2 N–H and O–H groups in total. The number of anilines is 1. The van der Waals surface area contributed by atoms with Gasteiger partial charge >= 0.3 is 0 Å². The molecule has 25 heavy (non-hydrogen) atoms. The molecular weight excluding hydrogens is 360 g/mol. The summed E-state index contributed by atoms with van der Waals surface area (Å²) in [4.78, 5) is 32.5. The number of aryl methyl sites for hydroxylation is 2. The van der Waals surface area contributed by atoms with E-state index >= 15 is 0 Å². The summed E-state index contributed by atoms with van der Waals surface area (Å²) in [6.07, 6.45) is 0.888. The first kappa shape index (κ1) is 17.8. The van der Waals surface area contributed by atoms with E-state index in [1.165, 1.54) is 27.6 Å². The van der Waals surface area contributed by atoms with E-state index < -0.39 is 5.91 Å². The predicted molar refractivity (Wildman–Crippen MR) is 98.5 cm³/mol. The Hall–Kier alpha value is -1.97. The highest BCUT2D eigenvalue weighted by molar-refractivity contribution is 7.14. The number of hydrogen-bond acceptors (Lipinski definition) is 7. The van der Waals surface area contributed by atoms with Crippen molar-refractivity contribution in [3.63, 3.8) is 0 Å². The molecule has 2 amide bonds. The van der Waals surface area contributed by atoms with Crippen LogP contribution in [0.1, 0.15) is 37.5 Å². The van der Waals surface area contributed by atoms with Crippen molar-refractivity contribution in [1.29, 1.82) is 0 Å². The first-order chi connectivity index (χ1) is 12.1. The molecule has 7 nitrogen and oxygen atoms in total. The Morgan fingerprint density at radius 2 is 2.00 bits per heavy atom. The van der Waals surface area contributed by atoms with Crippen molar-refractivity contribution in [2.45, 2.75) is 20.3 Å². The van der Waals surface area contributed by atoms with Crippen LogP contribution in [0.25, 0.3) is 0 Å². The first-order valence-electron chi connectivity index (χ1n) is 8.06. The van der Waals surface area contributed by atoms with E-state index in [9.17, 15) is 9.59 Å². The normalized spacial score (nSPS) is 14.4. The number of thiophene rings is 1. The standard InChI is InChI=1S/C16H20N4O3S2/c1-3-12-10(2)8-13(25-12)15(22)19-18-14(21)11-9-24-16(17-11)20-4-6-23-7-5-20/h8-9H,3-7H2,1-2H3,(H,18,21)(H,19,22). The minimum atomic E-state index is -0.423. The topological polar surface area (TPSA) is 83.6 Å². The molecule has 2 aromatic rings. The summed E-state index contributed by atoms with van der Waals surface area (Å²) < 4.78 is 5.31. The SMILES string of the molecule is CCc1sc(C(=O)NNC(=O)c2csc(N3CCOCC3)n2)cc1C. The quantitative estimate of drug-likeness (QED) is 0.793. The van der Waals surface area contributed by atoms with Gasteiger partial charge in [-0.25, -0.2) is 4.98 Å². The van der Waals surface area contributed by atoms with Crippen LogP contribution in [0.4, 0.5) is 5.13 Å². The third-order valence-corrected chi connectivity index (χ3v) is 6.14. The summed E-state index contributed by atoms with van der Waals surface area (Å²) in [7, 11) is 0. The summed E-state index contributed by atoms with van der Waals surface area (Å²) in [6.45, 7) is 6.89. The lowest BCUT2D eigenvalue weighted by atomic mass is 10.2. The van der Waals surface area contributed by atoms with Crippen LogP contribution in [0.5, 0.6) is 0 Å². The van der Waals surface area contributed by atoms with Gasteiger partial charge in [0, 0.05) is 23.3 Å². The zero-order chi connectivity index (χ0) is 17.8. The Labute approximate surface area is 154 Å². The van der Waals surface area contributed by atoms with Crippen molar-refractivity contribution in [2.75, 3.05) is 31.2 Å². The number of ether oxygens (including phenoxy) is 1. The fraction of sp³-hybridized carbons (Fsp3) is 0.438. The summed E-state index contributed by atoms with van der Waals surface area (Å²) in [6, 6.07) is 1.84. The second-order valence-corrected chi connectivity index (χ2v) is 7.57. The monoisotopic (exact) mass is 380 g/mol. The Kier molecular flexibility index (Phi) is 5.67. The molecule has 1 fully saturated rings. The van der Waals surface area contributed by atoms with Crippen LogP contribution in [0.3, 0.4) is 0 Å². The zero-order valence-corrected chi connectivity index (χ0v) is 15.8. The lowest BCUT2D eigenvalue weighted by Crippen LogP contribution is -2.41. The van der Waals surface area contributed by atoms with Gasteiger partial charge in [0.1, 0.15) is 5.69 Å². The number of nitrogens with one attached hydrogen (secondary N) is 2. The van der Waals surface area contributed by atoms with Gasteiger partial charge < -0.3 is 9.64 Å². The van der Waals surface area contributed by atoms with Gasteiger partial charge in [0.2, 0.25) is 0 Å². The number of carbonyl (C=O) groups is 2. The minimum absolute atomic E-state index is 0.295. The van der Waals surface area contributed by atoms with Gasteiger partial charge in [-0.1, -0.05) is 6.92 Å². The minimum Gasteiger partial charge on any atom is -0.378 e. The average molecular weight is 380 g/mol. The molecule has 0 saturated carbocycles. The number of nitrogens with zero attached hydrogens (tertiary/aromatic N) is 2. The summed E-state index contributed by atoms with van der Waals surface area (Å²) >= 11 is 2.85. The molecular formula is C16H20N4O3S2. The number of hydrogen-bond donors (Lipinski definition) is 2. The van der Waals surface area contributed by atoms with E-state index in [-0.39, 0.29) is 5.91 Å². The van der Waals surface area contributed by atoms with Crippen molar-refractivity contribution in [2.24, 2.45) is 0 Å². The second-order valence-electron chi connectivity index (χ2n) is 5.59. The van der Waals surface area contributed by atoms with Crippen LogP contribution in [-0.2, 0) is 11.2 Å². The van der Waals surface area contributed by atoms with Crippen LogP contribution in [0, 0.1) is 6.92 Å². The largest absolute Gasteiger partial charge is 0.378 e. The summed E-state index contributed by atoms with van der Waals surface area (Å²) in [5.41, 5.74) is 6.27. The lowest BCUT2D eigenvalue weighted by molar-refractivity contribution is 0.0846. The van der Waals surface area contributed by atoms with Crippen LogP contribution >= 0.6 is 22.7 Å². The molecule has 0 aromatic carbocycles. The van der Waals surface area contributed by atoms with Crippen LogP contribution in [-0.4, -0.2) is 43.1 Å². The van der Waals surface area contributed by atoms with Gasteiger partial charge in [-0.05, 0) is 25.0 Å². The van der Waals surface area contributed by atoms with Crippen LogP contribution in [0.2, 0.25) is 0 Å². The molecule has 0 unspecified atom stereocenters. The van der Waals surface area contributed by atoms with E-state index in [4.69, 9.17) is 4.74 Å². The fourth-order valence-corrected chi connectivity index (χ4v) is 4.36. The van der Waals surface area contributed by atoms with E-state index in [0.29, 0.717) is 23.8 Å². The van der Waals surface area contributed by atoms with Gasteiger partial charge in [-0.15, -0.1) is 22.7 Å². The molecule has 0 bridgehead atoms. The maximum atomic E-state index is 12.2. The third-order valence-electron chi connectivity index (χ3n) is 3.86. The molecule has 0 radical (unpaired) electrons. The van der Waals surface area contributed by atoms with Gasteiger partial charge in [-0.3, -0.25) is 20.4 Å². The van der Waals surface area contributed by atoms with Crippen molar-refractivity contribution >= 4 is 39.6 Å². The Balaban J connectivity index is 1.56. The number of aromatic nitrogens is 1. The molecule has 1 saturated heterocycles. The maximum absolute atomic E-state index is 12.2. The highest BCUT2D eigenvalue weighted by atomic mass is 32.1. The third kappa shape index (κ3) is 4.17. The Morgan fingerprint density at radius 3 is 2.68 bits per heavy atom. The Morgan fingerprint density at radius 1 is 1.28 bits per heavy atom. The van der Waals surface area contributed by atoms with E-state index in [1.807, 2.05) is 13.0 Å². The van der Waals surface area contributed by atoms with E-state index in [0.717, 1.165) is 30.2 Å². The molecule has 0 aliphatic carbocycles. The maximum Gasteiger partial charge on any atom is 0.289 e. The van der Waals surface area contributed by atoms with Crippen molar-refractivity contribution < 1.29 is 14.3 Å². The average Bonchev–Trinajstić information content (AvgIpc) is 3.27. The molecule has 1 aliphatic heterocycles. The Bertz CT molecular complexity index is 765. The summed E-state index contributed by atoms with van der Waals surface area (Å²) in [5.74, 6) is -0.738. The molecule has 1 aliphatic rings. The smallest absolute Gasteiger partial charge is 0.289 e. The van der Waals surface area contributed by atoms with Gasteiger partial charge in [0.05, 0.1) is 18.1 Å². The number of thiazole rings is 1. The number of rotatable bonds is 4. The molecule has 3 heterocycles. The molecule has 0 atom stereocenters. The first-order valence-corrected chi connectivity index (χ1v) is 9.76. The number of hydrazine groups is 1. The zero-order valence-electron chi connectivity index (χ0n) is 14.1. The highest BCUT2D eigenvalue weighted by Gasteiger charge is 2.18. The van der Waals surface area contributed by atoms with Crippen LogP contribution in [0.15, 0.2) is 11.4 Å². The lowest BCUT2D eigenvalue weighted by Gasteiger charge is -2.25. The van der Waals surface area contributed by atoms with Crippen molar-refractivity contribution in [3.8, 4) is 0 Å². The van der Waals surface area contributed by atoms with Crippen LogP contribution < -0.4 is 15.8 Å². The molecule has 0 spiro atoms. The van der Waals surface area contributed by atoms with E-state index in [2.05, 4.69) is 27.7 Å². The molecule has 9 heteroatoms. The number of carbonyl (C=O) groups excluding carboxylic acids is 2.